The maximum absolute atomic E-state index is 11.9. The Kier molecular flexibility index (Phi) is 3.93. The van der Waals surface area contributed by atoms with Crippen LogP contribution in [0.25, 0.3) is 0 Å². The molecule has 0 aliphatic heterocycles. The molecule has 1 aromatic heterocycles. The van der Waals surface area contributed by atoms with Crippen molar-refractivity contribution < 1.29 is 9.53 Å². The standard InChI is InChI=1S/C14H12N2O2S/c1-9(12-5-3-4-11(6-12)7-15)18-14(17)13-8-16-10(2)19-13/h3-6,8-9H,1-2H3/t9-/m1/s1. The fraction of sp³-hybridized carbons (Fsp3) is 0.214. The Hall–Kier alpha value is -2.19. The van der Waals surface area contributed by atoms with Crippen LogP contribution >= 0.6 is 11.3 Å². The van der Waals surface area contributed by atoms with Crippen LogP contribution in [0.3, 0.4) is 0 Å². The van der Waals surface area contributed by atoms with Gasteiger partial charge in [-0.1, -0.05) is 12.1 Å². The molecule has 4 nitrogen and oxygen atoms in total. The van der Waals surface area contributed by atoms with Crippen LogP contribution in [0.15, 0.2) is 30.5 Å². The molecule has 0 saturated heterocycles. The number of nitriles is 1. The van der Waals surface area contributed by atoms with Gasteiger partial charge in [-0.3, -0.25) is 0 Å². The van der Waals surface area contributed by atoms with Crippen molar-refractivity contribution in [3.8, 4) is 6.07 Å². The van der Waals surface area contributed by atoms with Crippen LogP contribution in [0.5, 0.6) is 0 Å². The summed E-state index contributed by atoms with van der Waals surface area (Å²) in [4.78, 5) is 16.4. The van der Waals surface area contributed by atoms with E-state index < -0.39 is 6.10 Å². The Morgan fingerprint density at radius 3 is 2.95 bits per heavy atom. The first kappa shape index (κ1) is 13.2. The van der Waals surface area contributed by atoms with E-state index in [0.29, 0.717) is 10.4 Å². The van der Waals surface area contributed by atoms with Gasteiger partial charge in [0.25, 0.3) is 0 Å². The van der Waals surface area contributed by atoms with Crippen molar-refractivity contribution in [1.82, 2.24) is 4.98 Å². The molecule has 1 aromatic carbocycles. The summed E-state index contributed by atoms with van der Waals surface area (Å²) in [7, 11) is 0. The first-order valence-corrected chi connectivity index (χ1v) is 6.55. The smallest absolute Gasteiger partial charge is 0.350 e. The molecule has 0 N–H and O–H groups in total. The lowest BCUT2D eigenvalue weighted by Crippen LogP contribution is -2.08. The molecule has 1 atom stereocenters. The van der Waals surface area contributed by atoms with Crippen LogP contribution in [-0.2, 0) is 4.74 Å². The van der Waals surface area contributed by atoms with Gasteiger partial charge >= 0.3 is 5.97 Å². The second-order valence-corrected chi connectivity index (χ2v) is 5.26. The normalized spacial score (nSPS) is 11.6. The number of carbonyl (C=O) groups is 1. The maximum atomic E-state index is 11.9. The van der Waals surface area contributed by atoms with Crippen molar-refractivity contribution in [3.05, 3.63) is 51.5 Å². The molecule has 0 unspecified atom stereocenters. The molecule has 5 heteroatoms. The summed E-state index contributed by atoms with van der Waals surface area (Å²) < 4.78 is 5.36. The molecule has 0 amide bonds. The maximum Gasteiger partial charge on any atom is 0.350 e. The Morgan fingerprint density at radius 2 is 2.32 bits per heavy atom. The highest BCUT2D eigenvalue weighted by Crippen LogP contribution is 2.21. The van der Waals surface area contributed by atoms with Crippen LogP contribution in [-0.4, -0.2) is 11.0 Å². The number of nitrogens with zero attached hydrogens (tertiary/aromatic N) is 2. The monoisotopic (exact) mass is 272 g/mol. The third-order valence-electron chi connectivity index (χ3n) is 2.59. The Labute approximate surface area is 115 Å². The van der Waals surface area contributed by atoms with Crippen molar-refractivity contribution >= 4 is 17.3 Å². The van der Waals surface area contributed by atoms with Gasteiger partial charge in [0, 0.05) is 0 Å². The molecule has 0 fully saturated rings. The van der Waals surface area contributed by atoms with Crippen LogP contribution < -0.4 is 0 Å². The molecule has 0 spiro atoms. The number of carbonyl (C=O) groups excluding carboxylic acids is 1. The van der Waals surface area contributed by atoms with E-state index in [1.165, 1.54) is 17.5 Å². The Morgan fingerprint density at radius 1 is 1.53 bits per heavy atom. The number of hydrogen-bond acceptors (Lipinski definition) is 5. The lowest BCUT2D eigenvalue weighted by atomic mass is 10.1. The van der Waals surface area contributed by atoms with Crippen LogP contribution in [0.2, 0.25) is 0 Å². The van der Waals surface area contributed by atoms with E-state index >= 15 is 0 Å². The summed E-state index contributed by atoms with van der Waals surface area (Å²) in [6.45, 7) is 3.61. The number of rotatable bonds is 3. The molecule has 1 heterocycles. The molecular weight excluding hydrogens is 260 g/mol. The number of ether oxygens (including phenoxy) is 1. The average Bonchev–Trinajstić information content (AvgIpc) is 2.85. The molecule has 19 heavy (non-hydrogen) atoms. The van der Waals surface area contributed by atoms with Gasteiger partial charge in [0.1, 0.15) is 11.0 Å². The van der Waals surface area contributed by atoms with Crippen molar-refractivity contribution in [2.24, 2.45) is 0 Å². The minimum absolute atomic E-state index is 0.388. The molecule has 0 radical (unpaired) electrons. The lowest BCUT2D eigenvalue weighted by Gasteiger charge is -2.12. The van der Waals surface area contributed by atoms with Crippen molar-refractivity contribution in [2.75, 3.05) is 0 Å². The van der Waals surface area contributed by atoms with Gasteiger partial charge in [0.15, 0.2) is 0 Å². The van der Waals surface area contributed by atoms with Gasteiger partial charge in [-0.2, -0.15) is 5.26 Å². The van der Waals surface area contributed by atoms with Crippen molar-refractivity contribution in [3.63, 3.8) is 0 Å². The molecule has 2 aromatic rings. The zero-order chi connectivity index (χ0) is 13.8. The largest absolute Gasteiger partial charge is 0.454 e. The minimum atomic E-state index is -0.400. The fourth-order valence-electron chi connectivity index (χ4n) is 1.60. The topological polar surface area (TPSA) is 63.0 Å². The third kappa shape index (κ3) is 3.18. The van der Waals surface area contributed by atoms with Gasteiger partial charge in [-0.15, -0.1) is 11.3 Å². The van der Waals surface area contributed by atoms with Gasteiger partial charge < -0.3 is 4.74 Å². The third-order valence-corrected chi connectivity index (χ3v) is 3.48. The van der Waals surface area contributed by atoms with Crippen LogP contribution in [0.1, 0.15) is 38.8 Å². The first-order chi connectivity index (χ1) is 9.10. The minimum Gasteiger partial charge on any atom is -0.454 e. The van der Waals surface area contributed by atoms with E-state index in [4.69, 9.17) is 10.00 Å². The molecular formula is C14H12N2O2S. The average molecular weight is 272 g/mol. The van der Waals surface area contributed by atoms with Gasteiger partial charge in [-0.25, -0.2) is 9.78 Å². The molecule has 0 aliphatic carbocycles. The summed E-state index contributed by atoms with van der Waals surface area (Å²) in [6.07, 6.45) is 1.11. The Balaban J connectivity index is 2.10. The van der Waals surface area contributed by atoms with Crippen LogP contribution in [0, 0.1) is 18.3 Å². The second kappa shape index (κ2) is 5.63. The van der Waals surface area contributed by atoms with Crippen molar-refractivity contribution in [2.45, 2.75) is 20.0 Å². The van der Waals surface area contributed by atoms with Crippen LogP contribution in [0.4, 0.5) is 0 Å². The predicted molar refractivity (Wildman–Crippen MR) is 71.8 cm³/mol. The predicted octanol–water partition coefficient (Wildman–Crippen LogP) is 3.24. The summed E-state index contributed by atoms with van der Waals surface area (Å²) in [5.74, 6) is -0.388. The lowest BCUT2D eigenvalue weighted by molar-refractivity contribution is 0.0343. The van der Waals surface area contributed by atoms with E-state index in [2.05, 4.69) is 11.1 Å². The van der Waals surface area contributed by atoms with E-state index in [-0.39, 0.29) is 5.97 Å². The van der Waals surface area contributed by atoms with E-state index in [1.54, 1.807) is 25.1 Å². The highest BCUT2D eigenvalue weighted by Gasteiger charge is 2.16. The zero-order valence-corrected chi connectivity index (χ0v) is 11.4. The summed E-state index contributed by atoms with van der Waals surface area (Å²) >= 11 is 1.30. The summed E-state index contributed by atoms with van der Waals surface area (Å²) in [6, 6.07) is 9.10. The van der Waals surface area contributed by atoms with E-state index in [1.807, 2.05) is 13.0 Å². The highest BCUT2D eigenvalue weighted by molar-refractivity contribution is 7.13. The summed E-state index contributed by atoms with van der Waals surface area (Å²) in [5.41, 5.74) is 1.35. The molecule has 2 rings (SSSR count). The molecule has 0 aliphatic rings. The number of hydrogen-bond donors (Lipinski definition) is 0. The van der Waals surface area contributed by atoms with Gasteiger partial charge in [0.05, 0.1) is 22.8 Å². The number of esters is 1. The van der Waals surface area contributed by atoms with E-state index in [0.717, 1.165) is 10.6 Å². The molecule has 0 bridgehead atoms. The number of thiazole rings is 1. The number of aromatic nitrogens is 1. The second-order valence-electron chi connectivity index (χ2n) is 4.03. The summed E-state index contributed by atoms with van der Waals surface area (Å²) in [5, 5.41) is 9.67. The van der Waals surface area contributed by atoms with Gasteiger partial charge in [-0.05, 0) is 31.5 Å². The first-order valence-electron chi connectivity index (χ1n) is 5.73. The zero-order valence-electron chi connectivity index (χ0n) is 10.6. The SMILES string of the molecule is Cc1ncc(C(=O)O[C@H](C)c2cccc(C#N)c2)s1. The number of benzene rings is 1. The Bertz CT molecular complexity index is 643. The quantitative estimate of drug-likeness (QED) is 0.805. The molecule has 96 valence electrons. The molecule has 0 saturated carbocycles. The van der Waals surface area contributed by atoms with Gasteiger partial charge in [0.2, 0.25) is 0 Å². The fourth-order valence-corrected chi connectivity index (χ4v) is 2.26. The van der Waals surface area contributed by atoms with Crippen molar-refractivity contribution in [1.29, 1.82) is 5.26 Å². The van der Waals surface area contributed by atoms with E-state index in [9.17, 15) is 4.79 Å². The number of aryl methyl sites for hydroxylation is 1. The highest BCUT2D eigenvalue weighted by atomic mass is 32.1.